The zero-order valence-electron chi connectivity index (χ0n) is 11.1. The number of aromatic amines is 1. The third-order valence-corrected chi connectivity index (χ3v) is 3.54. The summed E-state index contributed by atoms with van der Waals surface area (Å²) < 4.78 is 9.90. The van der Waals surface area contributed by atoms with E-state index < -0.39 is 12.0 Å². The minimum atomic E-state index is -0.648. The van der Waals surface area contributed by atoms with Crippen LogP contribution in [0.5, 0.6) is 5.75 Å². The number of H-pyrrole nitrogens is 1. The standard InChI is InChI=1S/C14H14N2O4/c1-19-7-3-4-10-8(5-7)9-6-11(14(18)20-2)16-13(17)12(9)15-10/h3-5,11,15H,6H2,1-2H3,(H,16,17). The Labute approximate surface area is 115 Å². The second kappa shape index (κ2) is 4.56. The highest BCUT2D eigenvalue weighted by molar-refractivity contribution is 6.04. The number of carbonyl (C=O) groups is 2. The molecule has 0 radical (unpaired) electrons. The predicted molar refractivity (Wildman–Crippen MR) is 71.8 cm³/mol. The molecule has 2 N–H and O–H groups in total. The average molecular weight is 274 g/mol. The van der Waals surface area contributed by atoms with E-state index in [-0.39, 0.29) is 5.91 Å². The molecular weight excluding hydrogens is 260 g/mol. The van der Waals surface area contributed by atoms with Crippen molar-refractivity contribution in [2.45, 2.75) is 12.5 Å². The van der Waals surface area contributed by atoms with Crippen molar-refractivity contribution in [3.8, 4) is 5.75 Å². The molecule has 1 unspecified atom stereocenters. The molecule has 20 heavy (non-hydrogen) atoms. The number of fused-ring (bicyclic) bond motifs is 3. The van der Waals surface area contributed by atoms with Crippen molar-refractivity contribution in [1.29, 1.82) is 0 Å². The van der Waals surface area contributed by atoms with Gasteiger partial charge in [0.2, 0.25) is 0 Å². The lowest BCUT2D eigenvalue weighted by Gasteiger charge is -2.21. The Morgan fingerprint density at radius 1 is 1.35 bits per heavy atom. The van der Waals surface area contributed by atoms with Crippen LogP contribution in [-0.2, 0) is 16.0 Å². The third-order valence-electron chi connectivity index (χ3n) is 3.54. The van der Waals surface area contributed by atoms with E-state index in [2.05, 4.69) is 10.3 Å². The first-order valence-electron chi connectivity index (χ1n) is 6.21. The van der Waals surface area contributed by atoms with Gasteiger partial charge in [-0.2, -0.15) is 0 Å². The Morgan fingerprint density at radius 3 is 2.85 bits per heavy atom. The Morgan fingerprint density at radius 2 is 2.15 bits per heavy atom. The summed E-state index contributed by atoms with van der Waals surface area (Å²) in [6, 6.07) is 4.88. The Kier molecular flexibility index (Phi) is 2.85. The summed E-state index contributed by atoms with van der Waals surface area (Å²) in [5.74, 6) is -0.0297. The maximum absolute atomic E-state index is 12.1. The quantitative estimate of drug-likeness (QED) is 0.801. The second-order valence-electron chi connectivity index (χ2n) is 4.64. The van der Waals surface area contributed by atoms with Crippen LogP contribution < -0.4 is 10.1 Å². The number of aromatic nitrogens is 1. The van der Waals surface area contributed by atoms with E-state index in [0.29, 0.717) is 17.9 Å². The van der Waals surface area contributed by atoms with Gasteiger partial charge in [0.15, 0.2) is 0 Å². The molecule has 0 saturated carbocycles. The zero-order valence-corrected chi connectivity index (χ0v) is 11.1. The number of nitrogens with one attached hydrogen (secondary N) is 2. The molecule has 1 aromatic heterocycles. The molecule has 2 heterocycles. The number of ether oxygens (including phenoxy) is 2. The van der Waals surface area contributed by atoms with Crippen molar-refractivity contribution < 1.29 is 19.1 Å². The zero-order chi connectivity index (χ0) is 14.3. The number of hydrogen-bond donors (Lipinski definition) is 2. The number of benzene rings is 1. The highest BCUT2D eigenvalue weighted by atomic mass is 16.5. The van der Waals surface area contributed by atoms with Crippen LogP contribution in [-0.4, -0.2) is 37.1 Å². The normalized spacial score (nSPS) is 17.5. The van der Waals surface area contributed by atoms with Gasteiger partial charge in [0.05, 0.1) is 14.2 Å². The Balaban J connectivity index is 2.12. The van der Waals surface area contributed by atoms with Crippen molar-refractivity contribution in [2.24, 2.45) is 0 Å². The van der Waals surface area contributed by atoms with E-state index in [1.54, 1.807) is 7.11 Å². The largest absolute Gasteiger partial charge is 0.497 e. The molecule has 0 bridgehead atoms. The maximum atomic E-state index is 12.1. The summed E-state index contributed by atoms with van der Waals surface area (Å²) in [6.07, 6.45) is 0.404. The molecule has 6 nitrogen and oxygen atoms in total. The summed E-state index contributed by atoms with van der Waals surface area (Å²) in [4.78, 5) is 26.8. The number of esters is 1. The molecule has 0 saturated heterocycles. The van der Waals surface area contributed by atoms with Crippen LogP contribution in [0.3, 0.4) is 0 Å². The van der Waals surface area contributed by atoms with E-state index >= 15 is 0 Å². The van der Waals surface area contributed by atoms with Crippen LogP contribution in [0, 0.1) is 0 Å². The number of hydrogen-bond acceptors (Lipinski definition) is 4. The molecule has 1 atom stereocenters. The van der Waals surface area contributed by atoms with Gasteiger partial charge < -0.3 is 19.8 Å². The van der Waals surface area contributed by atoms with Crippen LogP contribution in [0.2, 0.25) is 0 Å². The minimum absolute atomic E-state index is 0.295. The highest BCUT2D eigenvalue weighted by Gasteiger charge is 2.32. The highest BCUT2D eigenvalue weighted by Crippen LogP contribution is 2.29. The Bertz CT molecular complexity index is 705. The molecule has 1 aliphatic rings. The lowest BCUT2D eigenvalue weighted by atomic mass is 9.98. The van der Waals surface area contributed by atoms with Gasteiger partial charge in [-0.05, 0) is 23.8 Å². The fraction of sp³-hybridized carbons (Fsp3) is 0.286. The molecule has 1 aliphatic heterocycles. The number of rotatable bonds is 2. The summed E-state index contributed by atoms with van der Waals surface area (Å²) in [6.45, 7) is 0. The van der Waals surface area contributed by atoms with E-state index in [4.69, 9.17) is 9.47 Å². The van der Waals surface area contributed by atoms with Crippen molar-refractivity contribution in [2.75, 3.05) is 14.2 Å². The first kappa shape index (κ1) is 12.5. The van der Waals surface area contributed by atoms with Crippen LogP contribution >= 0.6 is 0 Å². The maximum Gasteiger partial charge on any atom is 0.328 e. The van der Waals surface area contributed by atoms with Gasteiger partial charge in [0.25, 0.3) is 5.91 Å². The molecule has 6 heteroatoms. The van der Waals surface area contributed by atoms with E-state index in [1.165, 1.54) is 7.11 Å². The fourth-order valence-corrected chi connectivity index (χ4v) is 2.53. The summed E-state index contributed by atoms with van der Waals surface area (Å²) in [7, 11) is 2.90. The second-order valence-corrected chi connectivity index (χ2v) is 4.64. The smallest absolute Gasteiger partial charge is 0.328 e. The lowest BCUT2D eigenvalue weighted by Crippen LogP contribution is -2.46. The van der Waals surface area contributed by atoms with E-state index in [9.17, 15) is 9.59 Å². The number of carbonyl (C=O) groups excluding carboxylic acids is 2. The van der Waals surface area contributed by atoms with Gasteiger partial charge in [-0.25, -0.2) is 4.79 Å². The molecule has 0 aliphatic carbocycles. The van der Waals surface area contributed by atoms with E-state index in [0.717, 1.165) is 16.5 Å². The van der Waals surface area contributed by atoms with Gasteiger partial charge in [-0.15, -0.1) is 0 Å². The van der Waals surface area contributed by atoms with Gasteiger partial charge in [0, 0.05) is 17.3 Å². The van der Waals surface area contributed by atoms with Crippen molar-refractivity contribution in [3.05, 3.63) is 29.5 Å². The number of methoxy groups -OCH3 is 2. The van der Waals surface area contributed by atoms with Crippen LogP contribution in [0.25, 0.3) is 10.9 Å². The Hall–Kier alpha value is -2.50. The molecule has 0 fully saturated rings. The fourth-order valence-electron chi connectivity index (χ4n) is 2.53. The molecule has 1 amide bonds. The van der Waals surface area contributed by atoms with Crippen molar-refractivity contribution in [3.63, 3.8) is 0 Å². The van der Waals surface area contributed by atoms with Crippen LogP contribution in [0.1, 0.15) is 16.1 Å². The van der Waals surface area contributed by atoms with Crippen molar-refractivity contribution >= 4 is 22.8 Å². The lowest BCUT2D eigenvalue weighted by molar-refractivity contribution is -0.142. The van der Waals surface area contributed by atoms with Gasteiger partial charge in [0.1, 0.15) is 17.5 Å². The topological polar surface area (TPSA) is 80.4 Å². The third kappa shape index (κ3) is 1.80. The monoisotopic (exact) mass is 274 g/mol. The summed E-state index contributed by atoms with van der Waals surface area (Å²) >= 11 is 0. The molecule has 3 rings (SSSR count). The first-order valence-corrected chi connectivity index (χ1v) is 6.21. The van der Waals surface area contributed by atoms with Crippen LogP contribution in [0.4, 0.5) is 0 Å². The molecule has 104 valence electrons. The van der Waals surface area contributed by atoms with Gasteiger partial charge >= 0.3 is 5.97 Å². The molecule has 1 aromatic carbocycles. The van der Waals surface area contributed by atoms with Crippen LogP contribution in [0.15, 0.2) is 18.2 Å². The summed E-state index contributed by atoms with van der Waals surface area (Å²) in [5.41, 5.74) is 2.16. The van der Waals surface area contributed by atoms with Crippen molar-refractivity contribution in [1.82, 2.24) is 10.3 Å². The minimum Gasteiger partial charge on any atom is -0.497 e. The van der Waals surface area contributed by atoms with E-state index in [1.807, 2.05) is 18.2 Å². The molecular formula is C14H14N2O4. The molecule has 2 aromatic rings. The van der Waals surface area contributed by atoms with Gasteiger partial charge in [-0.1, -0.05) is 0 Å². The SMILES string of the molecule is COC(=O)C1Cc2c([nH]c3ccc(OC)cc23)C(=O)N1. The summed E-state index contributed by atoms with van der Waals surface area (Å²) in [5, 5.41) is 3.53. The predicted octanol–water partition coefficient (Wildman–Crippen LogP) is 1.00. The first-order chi connectivity index (χ1) is 9.63. The number of amides is 1. The average Bonchev–Trinajstić information content (AvgIpc) is 2.84. The molecule has 0 spiro atoms. The van der Waals surface area contributed by atoms with Gasteiger partial charge in [-0.3, -0.25) is 4.79 Å².